The number of hydrogen-bond acceptors (Lipinski definition) is 3. The predicted molar refractivity (Wildman–Crippen MR) is 64.5 cm³/mol. The van der Waals surface area contributed by atoms with Crippen molar-refractivity contribution in [1.82, 2.24) is 0 Å². The Morgan fingerprint density at radius 3 is 3.00 bits per heavy atom. The van der Waals surface area contributed by atoms with E-state index in [1.165, 1.54) is 19.3 Å². The highest BCUT2D eigenvalue weighted by Gasteiger charge is 2.44. The summed E-state index contributed by atoms with van der Waals surface area (Å²) in [6.07, 6.45) is 5.46. The van der Waals surface area contributed by atoms with Crippen LogP contribution in [-0.2, 0) is 4.74 Å². The number of thiophene rings is 1. The van der Waals surface area contributed by atoms with Crippen LogP contribution in [0, 0.1) is 5.92 Å². The van der Waals surface area contributed by atoms with Gasteiger partial charge < -0.3 is 9.84 Å². The Morgan fingerprint density at radius 1 is 1.50 bits per heavy atom. The van der Waals surface area contributed by atoms with E-state index in [-0.39, 0.29) is 11.7 Å². The summed E-state index contributed by atoms with van der Waals surface area (Å²) in [5.74, 6) is 0.396. The second-order valence-corrected chi connectivity index (χ2v) is 6.08. The zero-order valence-corrected chi connectivity index (χ0v) is 10.2. The fourth-order valence-electron chi connectivity index (χ4n) is 2.95. The summed E-state index contributed by atoms with van der Waals surface area (Å²) in [5, 5.41) is 12.4. The minimum absolute atomic E-state index is 0.140. The van der Waals surface area contributed by atoms with Gasteiger partial charge >= 0.3 is 0 Å². The van der Waals surface area contributed by atoms with Crippen molar-refractivity contribution in [2.45, 2.75) is 43.8 Å². The van der Waals surface area contributed by atoms with Gasteiger partial charge in [-0.05, 0) is 49.5 Å². The molecule has 2 nitrogen and oxygen atoms in total. The second-order valence-electron chi connectivity index (χ2n) is 5.10. The van der Waals surface area contributed by atoms with E-state index >= 15 is 0 Å². The topological polar surface area (TPSA) is 29.5 Å². The Hall–Kier alpha value is -0.380. The minimum atomic E-state index is -0.277. The molecule has 2 unspecified atom stereocenters. The van der Waals surface area contributed by atoms with Gasteiger partial charge in [-0.25, -0.2) is 0 Å². The van der Waals surface area contributed by atoms with E-state index in [9.17, 15) is 5.11 Å². The van der Waals surface area contributed by atoms with Crippen LogP contribution in [0.15, 0.2) is 17.5 Å². The van der Waals surface area contributed by atoms with Crippen molar-refractivity contribution in [1.29, 1.82) is 0 Å². The number of hydrogen-bond donors (Lipinski definition) is 1. The van der Waals surface area contributed by atoms with Crippen molar-refractivity contribution in [3.63, 3.8) is 0 Å². The van der Waals surface area contributed by atoms with Crippen LogP contribution in [0.4, 0.5) is 0 Å². The monoisotopic (exact) mass is 238 g/mol. The zero-order chi connectivity index (χ0) is 11.0. The zero-order valence-electron chi connectivity index (χ0n) is 9.39. The van der Waals surface area contributed by atoms with E-state index in [1.54, 1.807) is 11.3 Å². The van der Waals surface area contributed by atoms with Crippen LogP contribution in [0.1, 0.15) is 43.1 Å². The average Bonchev–Trinajstić information content (AvgIpc) is 2.79. The number of aliphatic hydroxyl groups is 1. The fourth-order valence-corrected chi connectivity index (χ4v) is 3.75. The van der Waals surface area contributed by atoms with Gasteiger partial charge in [0.05, 0.1) is 11.7 Å². The van der Waals surface area contributed by atoms with Gasteiger partial charge in [0, 0.05) is 11.5 Å². The fraction of sp³-hybridized carbons (Fsp3) is 0.692. The first-order chi connectivity index (χ1) is 7.79. The number of aliphatic hydroxyl groups excluding tert-OH is 1. The van der Waals surface area contributed by atoms with Crippen LogP contribution in [0.3, 0.4) is 0 Å². The molecule has 0 bridgehead atoms. The van der Waals surface area contributed by atoms with Gasteiger partial charge in [0.15, 0.2) is 0 Å². The molecule has 1 saturated carbocycles. The van der Waals surface area contributed by atoms with E-state index in [0.717, 1.165) is 24.3 Å². The summed E-state index contributed by atoms with van der Waals surface area (Å²) in [6, 6.07) is 4.06. The number of ether oxygens (including phenoxy) is 1. The van der Waals surface area contributed by atoms with Crippen molar-refractivity contribution < 1.29 is 9.84 Å². The second kappa shape index (κ2) is 4.13. The lowest BCUT2D eigenvalue weighted by molar-refractivity contribution is -0.157. The first kappa shape index (κ1) is 10.8. The maximum Gasteiger partial charge on any atom is 0.0911 e. The molecule has 3 rings (SSSR count). The van der Waals surface area contributed by atoms with Crippen molar-refractivity contribution in [2.24, 2.45) is 5.92 Å². The summed E-state index contributed by atoms with van der Waals surface area (Å²) in [4.78, 5) is 1.11. The normalized spacial score (nSPS) is 29.9. The molecule has 88 valence electrons. The van der Waals surface area contributed by atoms with Gasteiger partial charge in [-0.1, -0.05) is 6.07 Å². The highest BCUT2D eigenvalue weighted by molar-refractivity contribution is 7.10. The lowest BCUT2D eigenvalue weighted by Gasteiger charge is -2.48. The van der Waals surface area contributed by atoms with Crippen molar-refractivity contribution >= 4 is 11.3 Å². The van der Waals surface area contributed by atoms with Gasteiger partial charge in [0.1, 0.15) is 0 Å². The Morgan fingerprint density at radius 2 is 2.38 bits per heavy atom. The molecule has 1 spiro atoms. The summed E-state index contributed by atoms with van der Waals surface area (Å²) >= 11 is 1.66. The molecule has 2 aliphatic rings. The largest absolute Gasteiger partial charge is 0.387 e. The average molecular weight is 238 g/mol. The van der Waals surface area contributed by atoms with Crippen LogP contribution < -0.4 is 0 Å². The summed E-state index contributed by atoms with van der Waals surface area (Å²) in [7, 11) is 0. The molecule has 1 aromatic heterocycles. The van der Waals surface area contributed by atoms with E-state index in [2.05, 4.69) is 0 Å². The first-order valence-corrected chi connectivity index (χ1v) is 7.02. The van der Waals surface area contributed by atoms with Gasteiger partial charge in [-0.15, -0.1) is 11.3 Å². The van der Waals surface area contributed by atoms with E-state index in [1.807, 2.05) is 17.5 Å². The third kappa shape index (κ3) is 1.81. The molecular weight excluding hydrogens is 220 g/mol. The van der Waals surface area contributed by atoms with Crippen LogP contribution in [-0.4, -0.2) is 17.3 Å². The molecule has 16 heavy (non-hydrogen) atoms. The van der Waals surface area contributed by atoms with Crippen molar-refractivity contribution in [2.75, 3.05) is 6.61 Å². The third-order valence-electron chi connectivity index (χ3n) is 4.08. The van der Waals surface area contributed by atoms with Gasteiger partial charge in [-0.2, -0.15) is 0 Å². The Bertz CT molecular complexity index is 343. The SMILES string of the molecule is OC(c1cccs1)C1CCOC2(CCC2)C1. The maximum absolute atomic E-state index is 10.3. The molecule has 1 aromatic rings. The molecule has 0 radical (unpaired) electrons. The van der Waals surface area contributed by atoms with Crippen LogP contribution in [0.25, 0.3) is 0 Å². The standard InChI is InChI=1S/C13H18O2S/c14-12(11-3-1-8-16-11)10-4-7-15-13(9-10)5-2-6-13/h1,3,8,10,12,14H,2,4-7,9H2. The summed E-state index contributed by atoms with van der Waals surface area (Å²) < 4.78 is 5.89. The molecule has 0 aromatic carbocycles. The Balaban J connectivity index is 1.70. The maximum atomic E-state index is 10.3. The summed E-state index contributed by atoms with van der Waals surface area (Å²) in [6.45, 7) is 0.826. The molecule has 1 saturated heterocycles. The molecule has 2 atom stereocenters. The Labute approximate surface area is 100 Å². The predicted octanol–water partition coefficient (Wildman–Crippen LogP) is 3.13. The Kier molecular flexibility index (Phi) is 2.78. The van der Waals surface area contributed by atoms with E-state index < -0.39 is 0 Å². The van der Waals surface area contributed by atoms with E-state index in [4.69, 9.17) is 4.74 Å². The third-order valence-corrected chi connectivity index (χ3v) is 5.02. The van der Waals surface area contributed by atoms with Gasteiger partial charge in [0.25, 0.3) is 0 Å². The molecule has 0 amide bonds. The van der Waals surface area contributed by atoms with Crippen molar-refractivity contribution in [3.8, 4) is 0 Å². The summed E-state index contributed by atoms with van der Waals surface area (Å²) in [5.41, 5.74) is 0.140. The molecular formula is C13H18O2S. The number of rotatable bonds is 2. The molecule has 1 aliphatic carbocycles. The minimum Gasteiger partial charge on any atom is -0.387 e. The smallest absolute Gasteiger partial charge is 0.0911 e. The van der Waals surface area contributed by atoms with Gasteiger partial charge in [0.2, 0.25) is 0 Å². The van der Waals surface area contributed by atoms with Crippen molar-refractivity contribution in [3.05, 3.63) is 22.4 Å². The van der Waals surface area contributed by atoms with E-state index in [0.29, 0.717) is 5.92 Å². The van der Waals surface area contributed by atoms with Crippen LogP contribution in [0.2, 0.25) is 0 Å². The van der Waals surface area contributed by atoms with Crippen LogP contribution >= 0.6 is 11.3 Å². The highest BCUT2D eigenvalue weighted by Crippen LogP contribution is 2.47. The highest BCUT2D eigenvalue weighted by atomic mass is 32.1. The quantitative estimate of drug-likeness (QED) is 0.857. The molecule has 3 heteroatoms. The molecule has 2 fully saturated rings. The van der Waals surface area contributed by atoms with Gasteiger partial charge in [-0.3, -0.25) is 0 Å². The first-order valence-electron chi connectivity index (χ1n) is 6.15. The molecule has 1 N–H and O–H groups in total. The molecule has 1 aliphatic heterocycles. The lowest BCUT2D eigenvalue weighted by Crippen LogP contribution is -2.46. The molecule has 2 heterocycles. The lowest BCUT2D eigenvalue weighted by atomic mass is 9.71. The van der Waals surface area contributed by atoms with Crippen LogP contribution in [0.5, 0.6) is 0 Å².